The Bertz CT molecular complexity index is 326. The summed E-state index contributed by atoms with van der Waals surface area (Å²) >= 11 is 3.94. The summed E-state index contributed by atoms with van der Waals surface area (Å²) in [5, 5.41) is 0. The average Bonchev–Trinajstić information content (AvgIpc) is 2.82. The fourth-order valence-corrected chi connectivity index (χ4v) is 5.74. The fraction of sp³-hybridized carbons (Fsp3) is 1.00. The molecule has 0 aromatic carbocycles. The molecular formula is C32H65Br. The number of alkyl halides is 1. The van der Waals surface area contributed by atoms with Crippen molar-refractivity contribution in [2.45, 2.75) is 205 Å². The van der Waals surface area contributed by atoms with Crippen molar-refractivity contribution in [3.63, 3.8) is 0 Å². The fourth-order valence-electron chi connectivity index (χ4n) is 5.09. The van der Waals surface area contributed by atoms with E-state index in [0.29, 0.717) is 0 Å². The summed E-state index contributed by atoms with van der Waals surface area (Å²) < 4.78 is 0. The first-order valence-electron chi connectivity index (χ1n) is 15.9. The predicted molar refractivity (Wildman–Crippen MR) is 158 cm³/mol. The predicted octanol–water partition coefficient (Wildman–Crippen LogP) is 13.1. The maximum atomic E-state index is 3.94. The van der Waals surface area contributed by atoms with Crippen LogP contribution in [0.4, 0.5) is 0 Å². The lowest BCUT2D eigenvalue weighted by molar-refractivity contribution is 0.517. The Morgan fingerprint density at radius 1 is 0.303 bits per heavy atom. The van der Waals surface area contributed by atoms with Crippen molar-refractivity contribution >= 4 is 15.9 Å². The molecule has 0 bridgehead atoms. The van der Waals surface area contributed by atoms with Gasteiger partial charge in [-0.1, -0.05) is 203 Å². The monoisotopic (exact) mass is 528 g/mol. The van der Waals surface area contributed by atoms with E-state index in [0.717, 1.165) is 4.83 Å². The molecule has 0 N–H and O–H groups in total. The van der Waals surface area contributed by atoms with Crippen molar-refractivity contribution in [1.82, 2.24) is 0 Å². The van der Waals surface area contributed by atoms with E-state index < -0.39 is 0 Å². The Hall–Kier alpha value is 0.480. The molecule has 0 radical (unpaired) electrons. The van der Waals surface area contributed by atoms with Gasteiger partial charge < -0.3 is 0 Å². The summed E-state index contributed by atoms with van der Waals surface area (Å²) in [4.78, 5) is 0.781. The van der Waals surface area contributed by atoms with E-state index in [-0.39, 0.29) is 0 Å². The number of rotatable bonds is 29. The second-order valence-electron chi connectivity index (χ2n) is 11.0. The second kappa shape index (κ2) is 30.5. The van der Waals surface area contributed by atoms with Gasteiger partial charge in [0.1, 0.15) is 0 Å². The number of hydrogen-bond donors (Lipinski definition) is 0. The maximum Gasteiger partial charge on any atom is 0.0145 e. The third-order valence-corrected chi connectivity index (χ3v) is 8.41. The van der Waals surface area contributed by atoms with Crippen LogP contribution in [-0.2, 0) is 0 Å². The molecule has 1 atom stereocenters. The van der Waals surface area contributed by atoms with Gasteiger partial charge in [0.05, 0.1) is 0 Å². The molecule has 33 heavy (non-hydrogen) atoms. The van der Waals surface area contributed by atoms with Crippen LogP contribution in [0.2, 0.25) is 0 Å². The van der Waals surface area contributed by atoms with Gasteiger partial charge in [0.2, 0.25) is 0 Å². The molecule has 0 aromatic rings. The van der Waals surface area contributed by atoms with Crippen LogP contribution in [0, 0.1) is 0 Å². The second-order valence-corrected chi connectivity index (χ2v) is 12.3. The molecule has 0 saturated heterocycles. The van der Waals surface area contributed by atoms with Gasteiger partial charge >= 0.3 is 0 Å². The molecule has 0 fully saturated rings. The maximum absolute atomic E-state index is 3.94. The van der Waals surface area contributed by atoms with Crippen LogP contribution in [0.25, 0.3) is 0 Å². The lowest BCUT2D eigenvalue weighted by Crippen LogP contribution is -1.97. The van der Waals surface area contributed by atoms with Crippen molar-refractivity contribution < 1.29 is 0 Å². The van der Waals surface area contributed by atoms with Crippen LogP contribution in [-0.4, -0.2) is 4.83 Å². The standard InChI is InChI=1S/C32H65Br/c1-3-5-7-9-11-13-14-15-16-17-18-19-20-21-23-25-27-29-31-32(33)30-28-26-24-22-12-10-8-6-4-2/h32H,3-31H2,1-2H3. The van der Waals surface area contributed by atoms with Gasteiger partial charge in [0, 0.05) is 4.83 Å². The first-order valence-corrected chi connectivity index (χ1v) is 16.9. The smallest absolute Gasteiger partial charge is 0.0145 e. The minimum Gasteiger partial charge on any atom is -0.0891 e. The van der Waals surface area contributed by atoms with Crippen LogP contribution >= 0.6 is 15.9 Å². The van der Waals surface area contributed by atoms with Crippen molar-refractivity contribution in [3.8, 4) is 0 Å². The Labute approximate surface area is 220 Å². The normalized spacial score (nSPS) is 12.5. The summed E-state index contributed by atoms with van der Waals surface area (Å²) in [7, 11) is 0. The Kier molecular flexibility index (Phi) is 31.0. The van der Waals surface area contributed by atoms with E-state index in [2.05, 4.69) is 29.8 Å². The Balaban J connectivity index is 3.11. The highest BCUT2D eigenvalue weighted by atomic mass is 79.9. The molecule has 0 aliphatic heterocycles. The van der Waals surface area contributed by atoms with E-state index in [1.54, 1.807) is 0 Å². The molecule has 0 aliphatic carbocycles. The van der Waals surface area contributed by atoms with Crippen molar-refractivity contribution in [2.75, 3.05) is 0 Å². The van der Waals surface area contributed by atoms with Crippen LogP contribution in [0.15, 0.2) is 0 Å². The van der Waals surface area contributed by atoms with Gasteiger partial charge in [-0.05, 0) is 12.8 Å². The Morgan fingerprint density at radius 2 is 0.485 bits per heavy atom. The zero-order valence-corrected chi connectivity index (χ0v) is 25.0. The van der Waals surface area contributed by atoms with E-state index in [9.17, 15) is 0 Å². The van der Waals surface area contributed by atoms with Gasteiger partial charge in [-0.3, -0.25) is 0 Å². The minimum atomic E-state index is 0.781. The van der Waals surface area contributed by atoms with E-state index in [4.69, 9.17) is 0 Å². The lowest BCUT2D eigenvalue weighted by atomic mass is 10.0. The molecule has 1 heteroatoms. The lowest BCUT2D eigenvalue weighted by Gasteiger charge is -2.09. The summed E-state index contributed by atoms with van der Waals surface area (Å²) in [5.41, 5.74) is 0. The van der Waals surface area contributed by atoms with Crippen LogP contribution in [0.3, 0.4) is 0 Å². The molecule has 0 rings (SSSR count). The summed E-state index contributed by atoms with van der Waals surface area (Å²) in [6.07, 6.45) is 42.3. The first-order chi connectivity index (χ1) is 16.3. The number of halogens is 1. The first kappa shape index (κ1) is 33.5. The van der Waals surface area contributed by atoms with Crippen molar-refractivity contribution in [3.05, 3.63) is 0 Å². The molecule has 200 valence electrons. The molecule has 0 spiro atoms. The zero-order valence-electron chi connectivity index (χ0n) is 23.5. The highest BCUT2D eigenvalue weighted by Crippen LogP contribution is 2.20. The quantitative estimate of drug-likeness (QED) is 0.0667. The number of hydrogen-bond acceptors (Lipinski definition) is 0. The molecule has 0 amide bonds. The SMILES string of the molecule is CCCCCCCCCCCCCCCCCCCCC(Br)CCCCCCCCCCC. The summed E-state index contributed by atoms with van der Waals surface area (Å²) in [5.74, 6) is 0. The zero-order chi connectivity index (χ0) is 24.1. The topological polar surface area (TPSA) is 0 Å². The highest BCUT2D eigenvalue weighted by molar-refractivity contribution is 9.09. The molecule has 0 aromatic heterocycles. The van der Waals surface area contributed by atoms with Gasteiger partial charge in [-0.2, -0.15) is 0 Å². The molecule has 0 saturated carbocycles. The minimum absolute atomic E-state index is 0.781. The molecule has 0 aliphatic rings. The third kappa shape index (κ3) is 30.4. The molecular weight excluding hydrogens is 464 g/mol. The highest BCUT2D eigenvalue weighted by Gasteiger charge is 2.04. The number of unbranched alkanes of at least 4 members (excludes halogenated alkanes) is 25. The van der Waals surface area contributed by atoms with E-state index in [1.165, 1.54) is 186 Å². The van der Waals surface area contributed by atoms with Crippen LogP contribution in [0.1, 0.15) is 200 Å². The van der Waals surface area contributed by atoms with Gasteiger partial charge in [-0.25, -0.2) is 0 Å². The molecule has 0 heterocycles. The van der Waals surface area contributed by atoms with Gasteiger partial charge in [0.15, 0.2) is 0 Å². The van der Waals surface area contributed by atoms with Crippen LogP contribution < -0.4 is 0 Å². The van der Waals surface area contributed by atoms with Gasteiger partial charge in [0.25, 0.3) is 0 Å². The van der Waals surface area contributed by atoms with Gasteiger partial charge in [-0.15, -0.1) is 0 Å². The van der Waals surface area contributed by atoms with Crippen molar-refractivity contribution in [2.24, 2.45) is 0 Å². The largest absolute Gasteiger partial charge is 0.0891 e. The Morgan fingerprint density at radius 3 is 0.697 bits per heavy atom. The average molecular weight is 530 g/mol. The van der Waals surface area contributed by atoms with Crippen molar-refractivity contribution in [1.29, 1.82) is 0 Å². The molecule has 0 nitrogen and oxygen atoms in total. The molecule has 1 unspecified atom stereocenters. The third-order valence-electron chi connectivity index (χ3n) is 7.49. The van der Waals surface area contributed by atoms with Crippen LogP contribution in [0.5, 0.6) is 0 Å². The van der Waals surface area contributed by atoms with E-state index >= 15 is 0 Å². The summed E-state index contributed by atoms with van der Waals surface area (Å²) in [6.45, 7) is 4.61. The summed E-state index contributed by atoms with van der Waals surface area (Å²) in [6, 6.07) is 0. The van der Waals surface area contributed by atoms with E-state index in [1.807, 2.05) is 0 Å².